The van der Waals surface area contributed by atoms with Crippen molar-refractivity contribution < 1.29 is 4.74 Å². The minimum atomic E-state index is 0.484. The number of nitrogens with one attached hydrogen (secondary N) is 1. The molecule has 0 saturated carbocycles. The first kappa shape index (κ1) is 12.1. The third-order valence-electron chi connectivity index (χ3n) is 3.15. The molecular weight excluding hydrogens is 186 g/mol. The van der Waals surface area contributed by atoms with Gasteiger partial charge in [0, 0.05) is 6.04 Å². The molecule has 1 aromatic rings. The molecule has 2 unspecified atom stereocenters. The quantitative estimate of drug-likeness (QED) is 0.819. The molecule has 2 heteroatoms. The van der Waals surface area contributed by atoms with Crippen LogP contribution in [0.25, 0.3) is 0 Å². The molecule has 0 radical (unpaired) electrons. The van der Waals surface area contributed by atoms with Crippen molar-refractivity contribution in [2.75, 3.05) is 14.2 Å². The van der Waals surface area contributed by atoms with Gasteiger partial charge in [-0.3, -0.25) is 0 Å². The van der Waals surface area contributed by atoms with Crippen LogP contribution in [0, 0.1) is 6.92 Å². The highest BCUT2D eigenvalue weighted by Gasteiger charge is 2.13. The molecule has 2 nitrogen and oxygen atoms in total. The molecular formula is C13H21NO. The number of hydrogen-bond donors (Lipinski definition) is 1. The number of hydrogen-bond acceptors (Lipinski definition) is 2. The second kappa shape index (κ2) is 5.17. The Balaban J connectivity index is 2.92. The fraction of sp³-hybridized carbons (Fsp3) is 0.538. The zero-order chi connectivity index (χ0) is 11.4. The molecule has 0 aliphatic heterocycles. The summed E-state index contributed by atoms with van der Waals surface area (Å²) < 4.78 is 5.25. The van der Waals surface area contributed by atoms with Gasteiger partial charge in [-0.25, -0.2) is 0 Å². The van der Waals surface area contributed by atoms with Gasteiger partial charge in [-0.05, 0) is 44.0 Å². The van der Waals surface area contributed by atoms with Gasteiger partial charge in [-0.1, -0.05) is 19.1 Å². The van der Waals surface area contributed by atoms with E-state index in [1.54, 1.807) is 7.11 Å². The van der Waals surface area contributed by atoms with Crippen LogP contribution in [0.1, 0.15) is 30.9 Å². The van der Waals surface area contributed by atoms with Crippen LogP contribution in [0.2, 0.25) is 0 Å². The van der Waals surface area contributed by atoms with Crippen LogP contribution in [0.5, 0.6) is 5.75 Å². The molecule has 0 fully saturated rings. The summed E-state index contributed by atoms with van der Waals surface area (Å²) in [5, 5.41) is 3.28. The van der Waals surface area contributed by atoms with Gasteiger partial charge in [0.05, 0.1) is 7.11 Å². The first-order chi connectivity index (χ1) is 7.10. The second-order valence-electron chi connectivity index (χ2n) is 4.10. The second-order valence-corrected chi connectivity index (χ2v) is 4.10. The Morgan fingerprint density at radius 3 is 2.40 bits per heavy atom. The molecule has 15 heavy (non-hydrogen) atoms. The normalized spacial score (nSPS) is 14.7. The van der Waals surface area contributed by atoms with Gasteiger partial charge in [-0.15, -0.1) is 0 Å². The molecule has 1 N–H and O–H groups in total. The molecule has 0 spiro atoms. The van der Waals surface area contributed by atoms with Crippen molar-refractivity contribution >= 4 is 0 Å². The lowest BCUT2D eigenvalue weighted by Crippen LogP contribution is -2.27. The maximum atomic E-state index is 5.25. The highest BCUT2D eigenvalue weighted by atomic mass is 16.5. The summed E-state index contributed by atoms with van der Waals surface area (Å²) >= 11 is 0. The maximum absolute atomic E-state index is 5.25. The largest absolute Gasteiger partial charge is 0.496 e. The lowest BCUT2D eigenvalue weighted by Gasteiger charge is -2.20. The van der Waals surface area contributed by atoms with Gasteiger partial charge in [0.25, 0.3) is 0 Å². The molecule has 84 valence electrons. The van der Waals surface area contributed by atoms with E-state index in [-0.39, 0.29) is 0 Å². The maximum Gasteiger partial charge on any atom is 0.121 e. The van der Waals surface area contributed by atoms with Crippen molar-refractivity contribution in [2.45, 2.75) is 32.7 Å². The summed E-state index contributed by atoms with van der Waals surface area (Å²) in [4.78, 5) is 0. The van der Waals surface area contributed by atoms with E-state index >= 15 is 0 Å². The SMILES string of the molecule is CNC(C)C(C)c1ccc(OC)c(C)c1. The highest BCUT2D eigenvalue weighted by Crippen LogP contribution is 2.25. The van der Waals surface area contributed by atoms with Crippen LogP contribution in [0.3, 0.4) is 0 Å². The molecule has 0 aromatic heterocycles. The van der Waals surface area contributed by atoms with E-state index < -0.39 is 0 Å². The Morgan fingerprint density at radius 1 is 1.27 bits per heavy atom. The third-order valence-corrected chi connectivity index (χ3v) is 3.15. The van der Waals surface area contributed by atoms with Crippen molar-refractivity contribution in [1.29, 1.82) is 0 Å². The lowest BCUT2D eigenvalue weighted by atomic mass is 9.93. The average molecular weight is 207 g/mol. The topological polar surface area (TPSA) is 21.3 Å². The zero-order valence-electron chi connectivity index (χ0n) is 10.3. The molecule has 2 atom stereocenters. The van der Waals surface area contributed by atoms with Crippen molar-refractivity contribution in [3.63, 3.8) is 0 Å². The molecule has 0 heterocycles. The Kier molecular flexibility index (Phi) is 4.15. The first-order valence-electron chi connectivity index (χ1n) is 5.42. The number of aryl methyl sites for hydroxylation is 1. The third kappa shape index (κ3) is 2.72. The minimum absolute atomic E-state index is 0.484. The molecule has 0 saturated heterocycles. The summed E-state index contributed by atoms with van der Waals surface area (Å²) in [6.07, 6.45) is 0. The number of rotatable bonds is 4. The summed E-state index contributed by atoms with van der Waals surface area (Å²) in [6, 6.07) is 6.88. The van der Waals surface area contributed by atoms with Crippen molar-refractivity contribution in [3.8, 4) is 5.75 Å². The van der Waals surface area contributed by atoms with E-state index in [2.05, 4.69) is 38.2 Å². The summed E-state index contributed by atoms with van der Waals surface area (Å²) in [5.74, 6) is 1.47. The van der Waals surface area contributed by atoms with Gasteiger partial charge in [0.1, 0.15) is 5.75 Å². The number of likely N-dealkylation sites (N-methyl/N-ethyl adjacent to an activating group) is 1. The van der Waals surface area contributed by atoms with Crippen LogP contribution in [0.15, 0.2) is 18.2 Å². The van der Waals surface area contributed by atoms with Crippen LogP contribution >= 0.6 is 0 Å². The van der Waals surface area contributed by atoms with Gasteiger partial charge >= 0.3 is 0 Å². The van der Waals surface area contributed by atoms with Crippen molar-refractivity contribution in [3.05, 3.63) is 29.3 Å². The highest BCUT2D eigenvalue weighted by molar-refractivity contribution is 5.37. The van der Waals surface area contributed by atoms with E-state index in [0.717, 1.165) is 5.75 Å². The zero-order valence-corrected chi connectivity index (χ0v) is 10.3. The van der Waals surface area contributed by atoms with Crippen molar-refractivity contribution in [1.82, 2.24) is 5.32 Å². The fourth-order valence-corrected chi connectivity index (χ4v) is 1.72. The standard InChI is InChI=1S/C13H21NO/c1-9-8-12(6-7-13(9)15-5)10(2)11(3)14-4/h6-8,10-11,14H,1-5H3. The summed E-state index contributed by atoms with van der Waals surface area (Å²) in [7, 11) is 3.71. The molecule has 0 bridgehead atoms. The molecule has 0 aliphatic carbocycles. The molecule has 1 rings (SSSR count). The average Bonchev–Trinajstić information content (AvgIpc) is 2.26. The fourth-order valence-electron chi connectivity index (χ4n) is 1.72. The van der Waals surface area contributed by atoms with E-state index in [0.29, 0.717) is 12.0 Å². The van der Waals surface area contributed by atoms with Crippen LogP contribution in [-0.4, -0.2) is 20.2 Å². The molecule has 0 amide bonds. The smallest absolute Gasteiger partial charge is 0.121 e. The predicted molar refractivity (Wildman–Crippen MR) is 64.7 cm³/mol. The van der Waals surface area contributed by atoms with Gasteiger partial charge < -0.3 is 10.1 Å². The van der Waals surface area contributed by atoms with Gasteiger partial charge in [0.15, 0.2) is 0 Å². The summed E-state index contributed by atoms with van der Waals surface area (Å²) in [6.45, 7) is 6.52. The Bertz CT molecular complexity index is 322. The minimum Gasteiger partial charge on any atom is -0.496 e. The number of ether oxygens (including phenoxy) is 1. The van der Waals surface area contributed by atoms with E-state index in [9.17, 15) is 0 Å². The Hall–Kier alpha value is -1.02. The van der Waals surface area contributed by atoms with Gasteiger partial charge in [-0.2, -0.15) is 0 Å². The predicted octanol–water partition coefficient (Wildman–Crippen LogP) is 2.72. The van der Waals surface area contributed by atoms with E-state index in [1.807, 2.05) is 13.1 Å². The van der Waals surface area contributed by atoms with Crippen LogP contribution < -0.4 is 10.1 Å². The van der Waals surface area contributed by atoms with Crippen LogP contribution in [-0.2, 0) is 0 Å². The Morgan fingerprint density at radius 2 is 1.93 bits per heavy atom. The number of methoxy groups -OCH3 is 1. The van der Waals surface area contributed by atoms with Crippen molar-refractivity contribution in [2.24, 2.45) is 0 Å². The molecule has 1 aromatic carbocycles. The first-order valence-corrected chi connectivity index (χ1v) is 5.42. The summed E-state index contributed by atoms with van der Waals surface area (Å²) in [5.41, 5.74) is 2.56. The number of benzene rings is 1. The lowest BCUT2D eigenvalue weighted by molar-refractivity contribution is 0.411. The van der Waals surface area contributed by atoms with Crippen LogP contribution in [0.4, 0.5) is 0 Å². The van der Waals surface area contributed by atoms with E-state index in [4.69, 9.17) is 4.74 Å². The van der Waals surface area contributed by atoms with E-state index in [1.165, 1.54) is 11.1 Å². The molecule has 0 aliphatic rings. The Labute approximate surface area is 92.6 Å². The van der Waals surface area contributed by atoms with Gasteiger partial charge in [0.2, 0.25) is 0 Å². The monoisotopic (exact) mass is 207 g/mol.